The van der Waals surface area contributed by atoms with Crippen LogP contribution < -0.4 is 15.8 Å². The van der Waals surface area contributed by atoms with E-state index in [9.17, 15) is 9.90 Å². The number of ether oxygens (including phenoxy) is 2. The van der Waals surface area contributed by atoms with Crippen molar-refractivity contribution in [1.29, 1.82) is 0 Å². The number of anilines is 1. The molecule has 1 aromatic carbocycles. The average Bonchev–Trinajstić information content (AvgIpc) is 2.53. The highest BCUT2D eigenvalue weighted by atomic mass is 16.6. The third-order valence-electron chi connectivity index (χ3n) is 4.08. The lowest BCUT2D eigenvalue weighted by Gasteiger charge is -2.36. The van der Waals surface area contributed by atoms with Crippen LogP contribution in [0.2, 0.25) is 0 Å². The number of alkyl carbamates (subject to hydrolysis) is 1. The quantitative estimate of drug-likeness (QED) is 0.755. The standard InChI is InChI=1S/C19H24N4O4/c1-19(2,3)27-18(25)21-11-8-12(9-11)26-16-10-14(22-23-17(16)20)13-6-4-5-7-15(13)24/h4-7,10-12,24H,8-9H2,1-3H3,(H2,20,23)(H,21,25). The van der Waals surface area contributed by atoms with Crippen molar-refractivity contribution in [1.82, 2.24) is 15.5 Å². The normalized spacial score (nSPS) is 19.1. The summed E-state index contributed by atoms with van der Waals surface area (Å²) in [5.41, 5.74) is 6.36. The number of benzene rings is 1. The summed E-state index contributed by atoms with van der Waals surface area (Å²) in [5.74, 6) is 0.689. The summed E-state index contributed by atoms with van der Waals surface area (Å²) in [6.45, 7) is 5.46. The molecule has 0 unspecified atom stereocenters. The molecule has 0 saturated heterocycles. The molecule has 8 heteroatoms. The lowest BCUT2D eigenvalue weighted by molar-refractivity contribution is 0.0363. The highest BCUT2D eigenvalue weighted by Gasteiger charge is 2.33. The Hall–Kier alpha value is -3.03. The second-order valence-corrected chi connectivity index (χ2v) is 7.55. The Bertz CT molecular complexity index is 829. The van der Waals surface area contributed by atoms with E-state index in [1.165, 1.54) is 0 Å². The molecular formula is C19H24N4O4. The number of hydrogen-bond donors (Lipinski definition) is 3. The molecule has 3 rings (SSSR count). The number of aromatic nitrogens is 2. The van der Waals surface area contributed by atoms with Gasteiger partial charge in [0.2, 0.25) is 0 Å². The highest BCUT2D eigenvalue weighted by Crippen LogP contribution is 2.33. The zero-order valence-electron chi connectivity index (χ0n) is 15.6. The van der Waals surface area contributed by atoms with Gasteiger partial charge in [-0.3, -0.25) is 0 Å². The summed E-state index contributed by atoms with van der Waals surface area (Å²) in [6.07, 6.45) is 0.770. The number of phenolic OH excluding ortho intramolecular Hbond substituents is 1. The molecule has 0 radical (unpaired) electrons. The van der Waals surface area contributed by atoms with Gasteiger partial charge in [-0.15, -0.1) is 10.2 Å². The molecule has 0 atom stereocenters. The molecule has 0 aliphatic heterocycles. The maximum absolute atomic E-state index is 11.8. The Morgan fingerprint density at radius 2 is 1.96 bits per heavy atom. The van der Waals surface area contributed by atoms with Gasteiger partial charge < -0.3 is 25.6 Å². The second-order valence-electron chi connectivity index (χ2n) is 7.55. The Morgan fingerprint density at radius 1 is 1.26 bits per heavy atom. The predicted octanol–water partition coefficient (Wildman–Crippen LogP) is 2.87. The molecule has 1 amide bonds. The number of carbonyl (C=O) groups excluding carboxylic acids is 1. The number of rotatable bonds is 4. The molecule has 2 aromatic rings. The van der Waals surface area contributed by atoms with Crippen LogP contribution in [-0.4, -0.2) is 39.1 Å². The van der Waals surface area contributed by atoms with Crippen molar-refractivity contribution in [2.75, 3.05) is 5.73 Å². The zero-order chi connectivity index (χ0) is 19.6. The van der Waals surface area contributed by atoms with Crippen molar-refractivity contribution >= 4 is 11.9 Å². The molecule has 1 heterocycles. The number of amides is 1. The van der Waals surface area contributed by atoms with Gasteiger partial charge in [0.15, 0.2) is 11.6 Å². The van der Waals surface area contributed by atoms with E-state index in [-0.39, 0.29) is 23.7 Å². The topological polar surface area (TPSA) is 120 Å². The van der Waals surface area contributed by atoms with E-state index in [1.807, 2.05) is 20.8 Å². The van der Waals surface area contributed by atoms with Crippen LogP contribution in [0.5, 0.6) is 11.5 Å². The maximum atomic E-state index is 11.8. The fraction of sp³-hybridized carbons (Fsp3) is 0.421. The number of phenols is 1. The second kappa shape index (κ2) is 7.30. The van der Waals surface area contributed by atoms with Gasteiger partial charge >= 0.3 is 6.09 Å². The monoisotopic (exact) mass is 372 g/mol. The van der Waals surface area contributed by atoms with E-state index < -0.39 is 11.7 Å². The SMILES string of the molecule is CC(C)(C)OC(=O)NC1CC(Oc2cc(-c3ccccc3O)nnc2N)C1. The first-order valence-corrected chi connectivity index (χ1v) is 8.79. The van der Waals surface area contributed by atoms with Gasteiger partial charge in [0, 0.05) is 30.5 Å². The van der Waals surface area contributed by atoms with Crippen molar-refractivity contribution in [2.45, 2.75) is 51.4 Å². The van der Waals surface area contributed by atoms with Crippen molar-refractivity contribution in [3.63, 3.8) is 0 Å². The molecule has 144 valence electrons. The van der Waals surface area contributed by atoms with Gasteiger partial charge in [0.05, 0.1) is 0 Å². The van der Waals surface area contributed by atoms with Crippen molar-refractivity contribution < 1.29 is 19.4 Å². The molecule has 8 nitrogen and oxygen atoms in total. The summed E-state index contributed by atoms with van der Waals surface area (Å²) in [5, 5.41) is 20.7. The summed E-state index contributed by atoms with van der Waals surface area (Å²) in [4.78, 5) is 11.8. The Balaban J connectivity index is 1.59. The van der Waals surface area contributed by atoms with Gasteiger partial charge in [-0.1, -0.05) is 12.1 Å². The van der Waals surface area contributed by atoms with E-state index in [1.54, 1.807) is 30.3 Å². The lowest BCUT2D eigenvalue weighted by atomic mass is 9.89. The fourth-order valence-corrected chi connectivity index (χ4v) is 2.73. The number of aromatic hydroxyl groups is 1. The van der Waals surface area contributed by atoms with E-state index in [0.29, 0.717) is 29.8 Å². The number of carbonyl (C=O) groups is 1. The number of nitrogens with zero attached hydrogens (tertiary/aromatic N) is 2. The smallest absolute Gasteiger partial charge is 0.407 e. The van der Waals surface area contributed by atoms with E-state index >= 15 is 0 Å². The molecule has 4 N–H and O–H groups in total. The van der Waals surface area contributed by atoms with Crippen molar-refractivity contribution in [2.24, 2.45) is 0 Å². The van der Waals surface area contributed by atoms with Crippen LogP contribution in [0.3, 0.4) is 0 Å². The zero-order valence-corrected chi connectivity index (χ0v) is 15.6. The summed E-state index contributed by atoms with van der Waals surface area (Å²) >= 11 is 0. The first kappa shape index (κ1) is 18.8. The maximum Gasteiger partial charge on any atom is 0.407 e. The molecule has 27 heavy (non-hydrogen) atoms. The number of para-hydroxylation sites is 1. The Labute approximate surface area is 157 Å². The summed E-state index contributed by atoms with van der Waals surface area (Å²) < 4.78 is 11.1. The van der Waals surface area contributed by atoms with E-state index in [2.05, 4.69) is 15.5 Å². The largest absolute Gasteiger partial charge is 0.507 e. The summed E-state index contributed by atoms with van der Waals surface area (Å²) in [7, 11) is 0. The number of nitrogens with two attached hydrogens (primary N) is 1. The van der Waals surface area contributed by atoms with Gasteiger partial charge in [0.25, 0.3) is 0 Å². The van der Waals surface area contributed by atoms with Gasteiger partial charge in [0.1, 0.15) is 23.1 Å². The molecular weight excluding hydrogens is 348 g/mol. The van der Waals surface area contributed by atoms with Crippen LogP contribution in [0.1, 0.15) is 33.6 Å². The van der Waals surface area contributed by atoms with Crippen LogP contribution in [0.25, 0.3) is 11.3 Å². The Morgan fingerprint density at radius 3 is 2.63 bits per heavy atom. The van der Waals surface area contributed by atoms with Gasteiger partial charge in [-0.05, 0) is 32.9 Å². The number of nitrogen functional groups attached to an aromatic ring is 1. The number of nitrogens with one attached hydrogen (secondary N) is 1. The minimum absolute atomic E-state index is 0.00138. The summed E-state index contributed by atoms with van der Waals surface area (Å²) in [6, 6.07) is 8.50. The van der Waals surface area contributed by atoms with Gasteiger partial charge in [-0.2, -0.15) is 0 Å². The van der Waals surface area contributed by atoms with Crippen LogP contribution in [0.4, 0.5) is 10.6 Å². The fourth-order valence-electron chi connectivity index (χ4n) is 2.73. The molecule has 1 saturated carbocycles. The minimum atomic E-state index is -0.527. The van der Waals surface area contributed by atoms with E-state index in [0.717, 1.165) is 0 Å². The lowest BCUT2D eigenvalue weighted by Crippen LogP contribution is -2.50. The van der Waals surface area contributed by atoms with Crippen LogP contribution in [0, 0.1) is 0 Å². The van der Waals surface area contributed by atoms with Crippen molar-refractivity contribution in [3.05, 3.63) is 30.3 Å². The van der Waals surface area contributed by atoms with Crippen LogP contribution in [0.15, 0.2) is 30.3 Å². The van der Waals surface area contributed by atoms with Crippen molar-refractivity contribution in [3.8, 4) is 22.8 Å². The molecule has 1 aliphatic carbocycles. The first-order chi connectivity index (χ1) is 12.7. The van der Waals surface area contributed by atoms with Crippen LogP contribution in [-0.2, 0) is 4.74 Å². The van der Waals surface area contributed by atoms with Crippen LogP contribution >= 0.6 is 0 Å². The average molecular weight is 372 g/mol. The Kier molecular flexibility index (Phi) is 5.07. The third-order valence-corrected chi connectivity index (χ3v) is 4.08. The predicted molar refractivity (Wildman–Crippen MR) is 100 cm³/mol. The van der Waals surface area contributed by atoms with E-state index in [4.69, 9.17) is 15.2 Å². The van der Waals surface area contributed by atoms with Gasteiger partial charge in [-0.25, -0.2) is 4.79 Å². The minimum Gasteiger partial charge on any atom is -0.507 e. The molecule has 1 fully saturated rings. The number of hydrogen-bond acceptors (Lipinski definition) is 7. The first-order valence-electron chi connectivity index (χ1n) is 8.79. The molecule has 0 bridgehead atoms. The molecule has 1 aliphatic rings. The molecule has 0 spiro atoms. The third kappa shape index (κ3) is 4.78. The molecule has 1 aromatic heterocycles. The highest BCUT2D eigenvalue weighted by molar-refractivity contribution is 5.69.